The molecule has 1 aliphatic rings. The molecule has 1 aliphatic carbocycles. The maximum Gasteiger partial charge on any atom is 0.303 e. The molecule has 1 fully saturated rings. The van der Waals surface area contributed by atoms with Crippen LogP contribution < -0.4 is 0 Å². The van der Waals surface area contributed by atoms with E-state index in [-0.39, 0.29) is 23.5 Å². The van der Waals surface area contributed by atoms with Crippen LogP contribution in [-0.4, -0.2) is 16.9 Å². The minimum absolute atomic E-state index is 0.0648. The highest BCUT2D eigenvalue weighted by Gasteiger charge is 2.40. The van der Waals surface area contributed by atoms with Crippen LogP contribution in [0.15, 0.2) is 43.0 Å². The molecule has 3 heteroatoms. The number of carboxylic acids is 1. The van der Waals surface area contributed by atoms with E-state index in [1.165, 1.54) is 5.56 Å². The van der Waals surface area contributed by atoms with Crippen molar-refractivity contribution in [1.82, 2.24) is 0 Å². The number of carbonyl (C=O) groups excluding carboxylic acids is 1. The average molecular weight is 286 g/mol. The van der Waals surface area contributed by atoms with Crippen LogP contribution >= 0.6 is 0 Å². The zero-order valence-electron chi connectivity index (χ0n) is 12.3. The molecule has 1 saturated carbocycles. The van der Waals surface area contributed by atoms with Crippen LogP contribution in [0.2, 0.25) is 0 Å². The Morgan fingerprint density at radius 1 is 1.38 bits per heavy atom. The maximum atomic E-state index is 12.1. The Labute approximate surface area is 125 Å². The zero-order valence-corrected chi connectivity index (χ0v) is 12.3. The summed E-state index contributed by atoms with van der Waals surface area (Å²) in [7, 11) is 0. The Balaban J connectivity index is 2.23. The Hall–Kier alpha value is -1.90. The number of benzene rings is 1. The van der Waals surface area contributed by atoms with Gasteiger partial charge in [0.15, 0.2) is 0 Å². The highest BCUT2D eigenvalue weighted by molar-refractivity contribution is 5.83. The van der Waals surface area contributed by atoms with E-state index in [0.29, 0.717) is 12.8 Å². The van der Waals surface area contributed by atoms with Crippen LogP contribution in [0, 0.1) is 5.92 Å². The molecule has 0 heterocycles. The predicted octanol–water partition coefficient (Wildman–Crippen LogP) is 3.73. The van der Waals surface area contributed by atoms with Crippen molar-refractivity contribution >= 4 is 11.8 Å². The summed E-state index contributed by atoms with van der Waals surface area (Å²) in [5.74, 6) is -0.760. The van der Waals surface area contributed by atoms with Crippen molar-refractivity contribution in [2.75, 3.05) is 0 Å². The molecule has 0 radical (unpaired) electrons. The van der Waals surface area contributed by atoms with Gasteiger partial charge in [0, 0.05) is 18.8 Å². The van der Waals surface area contributed by atoms with Gasteiger partial charge in [-0.25, -0.2) is 0 Å². The molecule has 1 aromatic carbocycles. The van der Waals surface area contributed by atoms with Gasteiger partial charge in [-0.2, -0.15) is 0 Å². The first-order valence-corrected chi connectivity index (χ1v) is 7.48. The first-order chi connectivity index (χ1) is 10.1. The van der Waals surface area contributed by atoms with Gasteiger partial charge in [0.2, 0.25) is 0 Å². The van der Waals surface area contributed by atoms with E-state index >= 15 is 0 Å². The molecule has 1 N–H and O–H groups in total. The second kappa shape index (κ2) is 6.70. The molecule has 0 aliphatic heterocycles. The topological polar surface area (TPSA) is 54.4 Å². The van der Waals surface area contributed by atoms with Crippen LogP contribution in [0.25, 0.3) is 0 Å². The number of ketones is 1. The number of carbonyl (C=O) groups is 2. The molecule has 3 nitrogen and oxygen atoms in total. The lowest BCUT2D eigenvalue weighted by atomic mass is 9.63. The second-order valence-electron chi connectivity index (χ2n) is 5.94. The summed E-state index contributed by atoms with van der Waals surface area (Å²) in [5.41, 5.74) is 1.16. The van der Waals surface area contributed by atoms with Gasteiger partial charge < -0.3 is 5.11 Å². The van der Waals surface area contributed by atoms with Crippen molar-refractivity contribution in [3.63, 3.8) is 0 Å². The minimum atomic E-state index is -0.831. The highest BCUT2D eigenvalue weighted by atomic mass is 16.4. The van der Waals surface area contributed by atoms with Crippen molar-refractivity contribution in [2.45, 2.75) is 43.9 Å². The number of aliphatic carboxylic acids is 1. The van der Waals surface area contributed by atoms with Gasteiger partial charge in [0.05, 0.1) is 0 Å². The van der Waals surface area contributed by atoms with Crippen LogP contribution in [0.4, 0.5) is 0 Å². The molecule has 0 bridgehead atoms. The van der Waals surface area contributed by atoms with Crippen LogP contribution in [0.1, 0.15) is 44.1 Å². The van der Waals surface area contributed by atoms with Gasteiger partial charge in [-0.1, -0.05) is 36.4 Å². The lowest BCUT2D eigenvalue weighted by molar-refractivity contribution is -0.137. The van der Waals surface area contributed by atoms with E-state index in [4.69, 9.17) is 5.11 Å². The number of hydrogen-bond donors (Lipinski definition) is 1. The third-order valence-electron chi connectivity index (χ3n) is 4.57. The minimum Gasteiger partial charge on any atom is -0.481 e. The molecule has 0 saturated heterocycles. The standard InChI is InChI=1S/C18H22O3/c1-2-11-18(15-6-4-3-5-7-15)12-10-16(19)14(13-18)8-9-17(20)21/h2-7,14H,1,8-13H2,(H,20,21). The monoisotopic (exact) mass is 286 g/mol. The lowest BCUT2D eigenvalue weighted by Gasteiger charge is -2.40. The number of Topliss-reactive ketones (excluding diaryl/α,β-unsaturated/α-hetero) is 1. The van der Waals surface area contributed by atoms with E-state index in [1.54, 1.807) is 0 Å². The average Bonchev–Trinajstić information content (AvgIpc) is 2.49. The Morgan fingerprint density at radius 2 is 2.10 bits per heavy atom. The Morgan fingerprint density at radius 3 is 2.71 bits per heavy atom. The van der Waals surface area contributed by atoms with E-state index in [9.17, 15) is 9.59 Å². The summed E-state index contributed by atoms with van der Waals surface area (Å²) in [5, 5.41) is 8.85. The molecular formula is C18H22O3. The molecule has 0 aromatic heterocycles. The SMILES string of the molecule is C=CCC1(c2ccccc2)CCC(=O)C(CCC(=O)O)C1. The molecule has 2 atom stereocenters. The van der Waals surface area contributed by atoms with Crippen molar-refractivity contribution in [2.24, 2.45) is 5.92 Å². The molecule has 2 unspecified atom stereocenters. The fourth-order valence-corrected chi connectivity index (χ4v) is 3.45. The molecule has 21 heavy (non-hydrogen) atoms. The second-order valence-corrected chi connectivity index (χ2v) is 5.94. The largest absolute Gasteiger partial charge is 0.481 e. The van der Waals surface area contributed by atoms with Crippen molar-refractivity contribution in [1.29, 1.82) is 0 Å². The number of rotatable bonds is 6. The summed E-state index contributed by atoms with van der Waals surface area (Å²) >= 11 is 0. The summed E-state index contributed by atoms with van der Waals surface area (Å²) in [6, 6.07) is 10.2. The van der Waals surface area contributed by atoms with Gasteiger partial charge in [-0.05, 0) is 36.7 Å². The predicted molar refractivity (Wildman–Crippen MR) is 82.2 cm³/mol. The van der Waals surface area contributed by atoms with Crippen molar-refractivity contribution in [3.8, 4) is 0 Å². The molecule has 0 spiro atoms. The van der Waals surface area contributed by atoms with Crippen LogP contribution in [-0.2, 0) is 15.0 Å². The van der Waals surface area contributed by atoms with E-state index in [0.717, 1.165) is 19.3 Å². The van der Waals surface area contributed by atoms with Gasteiger partial charge in [0.25, 0.3) is 0 Å². The third-order valence-corrected chi connectivity index (χ3v) is 4.57. The molecular weight excluding hydrogens is 264 g/mol. The Bertz CT molecular complexity index is 521. The quantitative estimate of drug-likeness (QED) is 0.811. The maximum absolute atomic E-state index is 12.1. The molecule has 2 rings (SSSR count). The first-order valence-electron chi connectivity index (χ1n) is 7.48. The summed E-state index contributed by atoms with van der Waals surface area (Å²) < 4.78 is 0. The van der Waals surface area contributed by atoms with Gasteiger partial charge in [-0.3, -0.25) is 9.59 Å². The van der Waals surface area contributed by atoms with Crippen molar-refractivity contribution < 1.29 is 14.7 Å². The zero-order chi connectivity index (χ0) is 15.3. The summed E-state index contributed by atoms with van der Waals surface area (Å²) in [6.45, 7) is 3.86. The van der Waals surface area contributed by atoms with Crippen molar-refractivity contribution in [3.05, 3.63) is 48.6 Å². The van der Waals surface area contributed by atoms with Gasteiger partial charge in [-0.15, -0.1) is 6.58 Å². The van der Waals surface area contributed by atoms with Gasteiger partial charge in [0.1, 0.15) is 5.78 Å². The molecule has 1 aromatic rings. The van der Waals surface area contributed by atoms with E-state index < -0.39 is 5.97 Å². The first kappa shape index (κ1) is 15.5. The number of carboxylic acid groups (broad SMARTS) is 1. The van der Waals surface area contributed by atoms with Crippen LogP contribution in [0.5, 0.6) is 0 Å². The molecule has 0 amide bonds. The van der Waals surface area contributed by atoms with Crippen LogP contribution in [0.3, 0.4) is 0 Å². The van der Waals surface area contributed by atoms with E-state index in [2.05, 4.69) is 18.7 Å². The number of hydrogen-bond acceptors (Lipinski definition) is 2. The summed E-state index contributed by atoms with van der Waals surface area (Å²) in [6.07, 6.45) is 5.34. The fourth-order valence-electron chi connectivity index (χ4n) is 3.45. The Kier molecular flexibility index (Phi) is 4.94. The molecule has 112 valence electrons. The van der Waals surface area contributed by atoms with E-state index in [1.807, 2.05) is 24.3 Å². The fraction of sp³-hybridized carbons (Fsp3) is 0.444. The highest BCUT2D eigenvalue weighted by Crippen LogP contribution is 2.44. The van der Waals surface area contributed by atoms with Gasteiger partial charge >= 0.3 is 5.97 Å². The normalized spacial score (nSPS) is 25.5. The summed E-state index contributed by atoms with van der Waals surface area (Å²) in [4.78, 5) is 22.9. The third kappa shape index (κ3) is 3.60. The lowest BCUT2D eigenvalue weighted by Crippen LogP contribution is -2.37. The number of allylic oxidation sites excluding steroid dienone is 1. The smallest absolute Gasteiger partial charge is 0.303 e.